The van der Waals surface area contributed by atoms with E-state index in [4.69, 9.17) is 10.5 Å². The van der Waals surface area contributed by atoms with Gasteiger partial charge in [0, 0.05) is 0 Å². The van der Waals surface area contributed by atoms with Crippen molar-refractivity contribution in [1.82, 2.24) is 0 Å². The van der Waals surface area contributed by atoms with Crippen molar-refractivity contribution in [2.75, 3.05) is 0 Å². The van der Waals surface area contributed by atoms with E-state index in [0.717, 1.165) is 21.5 Å². The van der Waals surface area contributed by atoms with Gasteiger partial charge in [-0.15, -0.1) is 0 Å². The first-order chi connectivity index (χ1) is 8.80. The van der Waals surface area contributed by atoms with Crippen molar-refractivity contribution in [2.24, 2.45) is 0 Å². The SMILES string of the molecule is N#Cc1ccc2cc3cc(C#N)ccc3cc2c1. The zero-order valence-electron chi connectivity index (χ0n) is 9.51. The van der Waals surface area contributed by atoms with Gasteiger partial charge < -0.3 is 0 Å². The molecule has 0 heterocycles. The van der Waals surface area contributed by atoms with E-state index in [9.17, 15) is 0 Å². The summed E-state index contributed by atoms with van der Waals surface area (Å²) in [5.41, 5.74) is 1.32. The molecular formula is C16H8N2. The molecule has 0 fully saturated rings. The Bertz CT molecular complexity index is 775. The Balaban J connectivity index is 2.37. The summed E-state index contributed by atoms with van der Waals surface area (Å²) in [5.74, 6) is 0. The van der Waals surface area contributed by atoms with Crippen LogP contribution in [0.15, 0.2) is 48.5 Å². The molecule has 18 heavy (non-hydrogen) atoms. The third-order valence-corrected chi connectivity index (χ3v) is 3.05. The molecule has 0 saturated carbocycles. The molecule has 82 valence electrons. The first-order valence-corrected chi connectivity index (χ1v) is 5.58. The van der Waals surface area contributed by atoms with Crippen molar-refractivity contribution in [3.63, 3.8) is 0 Å². The van der Waals surface area contributed by atoms with Crippen LogP contribution < -0.4 is 0 Å². The second-order valence-corrected chi connectivity index (χ2v) is 4.20. The van der Waals surface area contributed by atoms with E-state index in [1.165, 1.54) is 0 Å². The van der Waals surface area contributed by atoms with E-state index in [0.29, 0.717) is 11.1 Å². The lowest BCUT2D eigenvalue weighted by atomic mass is 10.0. The van der Waals surface area contributed by atoms with Crippen molar-refractivity contribution in [1.29, 1.82) is 10.5 Å². The Morgan fingerprint density at radius 2 is 1.00 bits per heavy atom. The van der Waals surface area contributed by atoms with E-state index >= 15 is 0 Å². The number of fused-ring (bicyclic) bond motifs is 2. The highest BCUT2D eigenvalue weighted by Gasteiger charge is 2.00. The standard InChI is InChI=1S/C16H8N2/c17-9-11-1-3-13-7-16-6-12(10-18)2-4-14(16)8-15(13)5-11/h1-8H. The maximum atomic E-state index is 8.89. The molecule has 0 unspecified atom stereocenters. The lowest BCUT2D eigenvalue weighted by Gasteiger charge is -2.03. The molecule has 0 N–H and O–H groups in total. The average Bonchev–Trinajstić information content (AvgIpc) is 2.43. The van der Waals surface area contributed by atoms with Crippen LogP contribution in [0.25, 0.3) is 21.5 Å². The molecule has 0 amide bonds. The molecule has 0 radical (unpaired) electrons. The second kappa shape index (κ2) is 3.87. The molecule has 0 aliphatic rings. The quantitative estimate of drug-likeness (QED) is 0.550. The summed E-state index contributed by atoms with van der Waals surface area (Å²) in [5, 5.41) is 22.0. The maximum Gasteiger partial charge on any atom is 0.0991 e. The summed E-state index contributed by atoms with van der Waals surface area (Å²) in [6, 6.07) is 19.6. The smallest absolute Gasteiger partial charge is 0.0991 e. The fourth-order valence-electron chi connectivity index (χ4n) is 2.14. The number of hydrogen-bond acceptors (Lipinski definition) is 2. The summed E-state index contributed by atoms with van der Waals surface area (Å²) in [4.78, 5) is 0. The molecule has 3 rings (SSSR count). The van der Waals surface area contributed by atoms with E-state index in [-0.39, 0.29) is 0 Å². The van der Waals surface area contributed by atoms with Crippen LogP contribution in [0, 0.1) is 22.7 Å². The Hall–Kier alpha value is -2.84. The normalized spacial score (nSPS) is 10.1. The first kappa shape index (κ1) is 10.3. The molecule has 0 spiro atoms. The fraction of sp³-hybridized carbons (Fsp3) is 0. The van der Waals surface area contributed by atoms with Crippen LogP contribution in [-0.4, -0.2) is 0 Å². The van der Waals surface area contributed by atoms with Gasteiger partial charge in [-0.25, -0.2) is 0 Å². The van der Waals surface area contributed by atoms with E-state index in [1.807, 2.05) is 48.5 Å². The molecule has 2 heteroatoms. The lowest BCUT2D eigenvalue weighted by Crippen LogP contribution is -1.80. The van der Waals surface area contributed by atoms with Crippen LogP contribution in [0.5, 0.6) is 0 Å². The Morgan fingerprint density at radius 1 is 0.556 bits per heavy atom. The van der Waals surface area contributed by atoms with Gasteiger partial charge in [-0.1, -0.05) is 12.1 Å². The molecule has 0 atom stereocenters. The van der Waals surface area contributed by atoms with E-state index < -0.39 is 0 Å². The van der Waals surface area contributed by atoms with E-state index in [2.05, 4.69) is 12.1 Å². The van der Waals surface area contributed by atoms with Gasteiger partial charge in [-0.05, 0) is 57.9 Å². The van der Waals surface area contributed by atoms with Gasteiger partial charge in [0.05, 0.1) is 23.3 Å². The molecule has 0 bridgehead atoms. The number of rotatable bonds is 0. The molecule has 3 aromatic rings. The molecule has 2 nitrogen and oxygen atoms in total. The topological polar surface area (TPSA) is 47.6 Å². The summed E-state index contributed by atoms with van der Waals surface area (Å²) >= 11 is 0. The van der Waals surface area contributed by atoms with Crippen LogP contribution in [0.1, 0.15) is 11.1 Å². The van der Waals surface area contributed by atoms with Crippen molar-refractivity contribution in [2.45, 2.75) is 0 Å². The zero-order valence-corrected chi connectivity index (χ0v) is 9.51. The van der Waals surface area contributed by atoms with Crippen LogP contribution in [0.2, 0.25) is 0 Å². The summed E-state index contributed by atoms with van der Waals surface area (Å²) in [6.07, 6.45) is 0. The predicted molar refractivity (Wildman–Crippen MR) is 70.9 cm³/mol. The molecular weight excluding hydrogens is 220 g/mol. The Morgan fingerprint density at radius 3 is 1.39 bits per heavy atom. The number of nitrogens with zero attached hydrogens (tertiary/aromatic N) is 2. The molecule has 3 aromatic carbocycles. The number of benzene rings is 3. The van der Waals surface area contributed by atoms with Gasteiger partial charge in [0.25, 0.3) is 0 Å². The molecule has 0 aliphatic carbocycles. The highest BCUT2D eigenvalue weighted by Crippen LogP contribution is 2.24. The van der Waals surface area contributed by atoms with Gasteiger partial charge in [-0.3, -0.25) is 0 Å². The number of hydrogen-bond donors (Lipinski definition) is 0. The first-order valence-electron chi connectivity index (χ1n) is 5.58. The minimum absolute atomic E-state index is 0.662. The third-order valence-electron chi connectivity index (χ3n) is 3.05. The highest BCUT2D eigenvalue weighted by molar-refractivity contribution is 5.99. The van der Waals surface area contributed by atoms with Crippen LogP contribution in [-0.2, 0) is 0 Å². The molecule has 0 saturated heterocycles. The summed E-state index contributed by atoms with van der Waals surface area (Å²) in [6.45, 7) is 0. The second-order valence-electron chi connectivity index (χ2n) is 4.20. The number of nitriles is 2. The van der Waals surface area contributed by atoms with Crippen molar-refractivity contribution < 1.29 is 0 Å². The predicted octanol–water partition coefficient (Wildman–Crippen LogP) is 3.74. The molecule has 0 aromatic heterocycles. The Kier molecular flexibility index (Phi) is 2.22. The summed E-state index contributed by atoms with van der Waals surface area (Å²) < 4.78 is 0. The lowest BCUT2D eigenvalue weighted by molar-refractivity contribution is 1.49. The van der Waals surface area contributed by atoms with Crippen molar-refractivity contribution >= 4 is 21.5 Å². The zero-order chi connectivity index (χ0) is 12.5. The van der Waals surface area contributed by atoms with Crippen molar-refractivity contribution in [3.8, 4) is 12.1 Å². The average molecular weight is 228 g/mol. The summed E-state index contributed by atoms with van der Waals surface area (Å²) in [7, 11) is 0. The van der Waals surface area contributed by atoms with Gasteiger partial charge >= 0.3 is 0 Å². The van der Waals surface area contributed by atoms with Crippen molar-refractivity contribution in [3.05, 3.63) is 59.7 Å². The maximum absolute atomic E-state index is 8.89. The van der Waals surface area contributed by atoms with Crippen LogP contribution >= 0.6 is 0 Å². The minimum Gasteiger partial charge on any atom is -0.192 e. The minimum atomic E-state index is 0.662. The van der Waals surface area contributed by atoms with Crippen LogP contribution in [0.4, 0.5) is 0 Å². The van der Waals surface area contributed by atoms with Gasteiger partial charge in [0.2, 0.25) is 0 Å². The monoisotopic (exact) mass is 228 g/mol. The highest BCUT2D eigenvalue weighted by atomic mass is 14.2. The van der Waals surface area contributed by atoms with Crippen LogP contribution in [0.3, 0.4) is 0 Å². The molecule has 0 aliphatic heterocycles. The van der Waals surface area contributed by atoms with Gasteiger partial charge in [-0.2, -0.15) is 10.5 Å². The Labute approximate surface area is 104 Å². The van der Waals surface area contributed by atoms with Gasteiger partial charge in [0.1, 0.15) is 0 Å². The fourth-order valence-corrected chi connectivity index (χ4v) is 2.14. The van der Waals surface area contributed by atoms with E-state index in [1.54, 1.807) is 0 Å². The largest absolute Gasteiger partial charge is 0.192 e. The van der Waals surface area contributed by atoms with Gasteiger partial charge in [0.15, 0.2) is 0 Å². The third kappa shape index (κ3) is 1.57.